The Balaban J connectivity index is 2.09. The van der Waals surface area contributed by atoms with E-state index in [1.807, 2.05) is 31.2 Å². The summed E-state index contributed by atoms with van der Waals surface area (Å²) < 4.78 is 14.8. The lowest BCUT2D eigenvalue weighted by atomic mass is 10.1. The van der Waals surface area contributed by atoms with Crippen molar-refractivity contribution in [2.45, 2.75) is 20.4 Å². The quantitative estimate of drug-likeness (QED) is 0.695. The fourth-order valence-electron chi connectivity index (χ4n) is 2.81. The minimum atomic E-state index is -0.933. The van der Waals surface area contributed by atoms with E-state index in [1.54, 1.807) is 6.92 Å². The molecule has 0 radical (unpaired) electrons. The second kappa shape index (κ2) is 7.41. The number of H-pyrrole nitrogens is 1. The van der Waals surface area contributed by atoms with Gasteiger partial charge in [-0.1, -0.05) is 42.0 Å². The molecule has 2 aromatic carbocycles. The maximum Gasteiger partial charge on any atom is 0.335 e. The van der Waals surface area contributed by atoms with Crippen molar-refractivity contribution in [1.29, 1.82) is 0 Å². The lowest BCUT2D eigenvalue weighted by Gasteiger charge is -2.12. The van der Waals surface area contributed by atoms with Gasteiger partial charge in [0.1, 0.15) is 11.4 Å². The van der Waals surface area contributed by atoms with Gasteiger partial charge in [0.25, 0.3) is 5.56 Å². The molecule has 27 heavy (non-hydrogen) atoms. The molecule has 1 heterocycles. The van der Waals surface area contributed by atoms with Crippen LogP contribution in [0.15, 0.2) is 63.1 Å². The zero-order chi connectivity index (χ0) is 19.6. The second-order valence-electron chi connectivity index (χ2n) is 6.14. The molecule has 2 N–H and O–H groups in total. The Hall–Kier alpha value is -3.48. The average Bonchev–Trinajstić information content (AvgIpc) is 2.61. The zero-order valence-electron chi connectivity index (χ0n) is 14.9. The number of hydrogen-bond acceptors (Lipinski definition) is 4. The van der Waals surface area contributed by atoms with Gasteiger partial charge in [-0.2, -0.15) is 0 Å². The van der Waals surface area contributed by atoms with Crippen LogP contribution in [0.5, 0.6) is 5.88 Å². The first kappa shape index (κ1) is 18.3. The van der Waals surface area contributed by atoms with E-state index < -0.39 is 22.9 Å². The first-order valence-corrected chi connectivity index (χ1v) is 8.28. The number of halogens is 1. The van der Waals surface area contributed by atoms with Crippen molar-refractivity contribution in [3.8, 4) is 11.6 Å². The van der Waals surface area contributed by atoms with E-state index in [2.05, 4.69) is 9.98 Å². The van der Waals surface area contributed by atoms with E-state index in [4.69, 9.17) is 0 Å². The van der Waals surface area contributed by atoms with Crippen LogP contribution in [-0.2, 0) is 6.54 Å². The Bertz CT molecular complexity index is 1150. The normalized spacial score (nSPS) is 11.6. The fraction of sp³-hybridized carbons (Fsp3) is 0.150. The van der Waals surface area contributed by atoms with Gasteiger partial charge in [0.15, 0.2) is 0 Å². The monoisotopic (exact) mass is 367 g/mol. The highest BCUT2D eigenvalue weighted by atomic mass is 19.1. The van der Waals surface area contributed by atoms with Crippen molar-refractivity contribution in [1.82, 2.24) is 9.55 Å². The first-order chi connectivity index (χ1) is 12.9. The van der Waals surface area contributed by atoms with Gasteiger partial charge in [-0.15, -0.1) is 0 Å². The highest BCUT2D eigenvalue weighted by Gasteiger charge is 2.19. The topological polar surface area (TPSA) is 87.4 Å². The van der Waals surface area contributed by atoms with Gasteiger partial charge >= 0.3 is 5.69 Å². The third-order valence-electron chi connectivity index (χ3n) is 4.12. The molecule has 0 aliphatic carbocycles. The van der Waals surface area contributed by atoms with E-state index in [0.717, 1.165) is 21.8 Å². The Kier molecular flexibility index (Phi) is 5.03. The molecule has 0 fully saturated rings. The Morgan fingerprint density at radius 2 is 1.93 bits per heavy atom. The molecule has 3 aromatic rings. The second-order valence-corrected chi connectivity index (χ2v) is 6.14. The number of para-hydroxylation sites is 1. The van der Waals surface area contributed by atoms with Crippen LogP contribution in [0, 0.1) is 12.7 Å². The third-order valence-corrected chi connectivity index (χ3v) is 4.12. The van der Waals surface area contributed by atoms with Crippen molar-refractivity contribution in [2.24, 2.45) is 4.99 Å². The smallest absolute Gasteiger partial charge is 0.335 e. The summed E-state index contributed by atoms with van der Waals surface area (Å²) in [5.74, 6) is -1.36. The molecule has 0 saturated carbocycles. The number of aromatic hydroxyl groups is 1. The summed E-state index contributed by atoms with van der Waals surface area (Å²) in [6, 6.07) is 13.2. The number of nitrogens with one attached hydrogen (secondary N) is 1. The van der Waals surface area contributed by atoms with Crippen LogP contribution >= 0.6 is 0 Å². The molecule has 1 aromatic heterocycles. The van der Waals surface area contributed by atoms with E-state index in [0.29, 0.717) is 6.54 Å². The number of aromatic nitrogens is 2. The van der Waals surface area contributed by atoms with E-state index >= 15 is 0 Å². The van der Waals surface area contributed by atoms with Gasteiger partial charge < -0.3 is 5.11 Å². The maximum atomic E-state index is 14.1. The number of benzene rings is 2. The lowest BCUT2D eigenvalue weighted by Crippen LogP contribution is -2.33. The lowest BCUT2D eigenvalue weighted by molar-refractivity contribution is 0.426. The van der Waals surface area contributed by atoms with Crippen molar-refractivity contribution in [3.63, 3.8) is 0 Å². The van der Waals surface area contributed by atoms with Crippen molar-refractivity contribution in [3.05, 3.63) is 91.9 Å². The van der Waals surface area contributed by atoms with Crippen LogP contribution in [-0.4, -0.2) is 20.4 Å². The highest BCUT2D eigenvalue weighted by Crippen LogP contribution is 2.19. The summed E-state index contributed by atoms with van der Waals surface area (Å²) in [4.78, 5) is 30.8. The first-order valence-electron chi connectivity index (χ1n) is 8.28. The van der Waals surface area contributed by atoms with Crippen LogP contribution < -0.4 is 11.2 Å². The number of hydrogen-bond donors (Lipinski definition) is 2. The molecule has 3 rings (SSSR count). The standard InChI is InChI=1S/C20H18FN3O3/c1-12-6-5-7-14(10-12)11-22-13(2)17-18(25)23-20(27)24(19(17)26)16-9-4-3-8-15(16)21/h3-10,26H,11H2,1-2H3,(H,23,25,27). The van der Waals surface area contributed by atoms with Crippen LogP contribution in [0.4, 0.5) is 4.39 Å². The van der Waals surface area contributed by atoms with E-state index in [9.17, 15) is 19.1 Å². The van der Waals surface area contributed by atoms with Crippen molar-refractivity contribution < 1.29 is 9.50 Å². The summed E-state index contributed by atoms with van der Waals surface area (Å²) in [7, 11) is 0. The van der Waals surface area contributed by atoms with Gasteiger partial charge in [-0.05, 0) is 31.5 Å². The summed E-state index contributed by atoms with van der Waals surface area (Å²) >= 11 is 0. The van der Waals surface area contributed by atoms with Crippen LogP contribution in [0.1, 0.15) is 23.6 Å². The molecule has 6 nitrogen and oxygen atoms in total. The van der Waals surface area contributed by atoms with Crippen LogP contribution in [0.2, 0.25) is 0 Å². The predicted molar refractivity (Wildman–Crippen MR) is 101 cm³/mol. The summed E-state index contributed by atoms with van der Waals surface area (Å²) in [6.07, 6.45) is 0. The molecule has 0 unspecified atom stereocenters. The average molecular weight is 367 g/mol. The van der Waals surface area contributed by atoms with Gasteiger partial charge in [0.05, 0.1) is 17.9 Å². The predicted octanol–water partition coefficient (Wildman–Crippen LogP) is 2.69. The van der Waals surface area contributed by atoms with E-state index in [1.165, 1.54) is 18.2 Å². The fourth-order valence-corrected chi connectivity index (χ4v) is 2.81. The number of aliphatic imine (C=N–C) groups is 1. The summed E-state index contributed by atoms with van der Waals surface area (Å²) in [5, 5.41) is 10.5. The Labute approximate surface area is 154 Å². The Morgan fingerprint density at radius 1 is 1.19 bits per heavy atom. The molecule has 0 aliphatic heterocycles. The van der Waals surface area contributed by atoms with Gasteiger partial charge in [-0.3, -0.25) is 14.8 Å². The molecule has 0 atom stereocenters. The molecule has 7 heteroatoms. The van der Waals surface area contributed by atoms with Crippen LogP contribution in [0.25, 0.3) is 5.69 Å². The number of aromatic amines is 1. The SMILES string of the molecule is CC(=NCc1cccc(C)c1)c1c(O)n(-c2ccccc2F)c(=O)[nH]c1=O. The molecule has 138 valence electrons. The molecular formula is C20H18FN3O3. The molecule has 0 saturated heterocycles. The zero-order valence-corrected chi connectivity index (χ0v) is 14.9. The van der Waals surface area contributed by atoms with Crippen molar-refractivity contribution in [2.75, 3.05) is 0 Å². The molecule has 0 amide bonds. The van der Waals surface area contributed by atoms with E-state index in [-0.39, 0.29) is 17.0 Å². The number of aryl methyl sites for hydroxylation is 1. The summed E-state index contributed by atoms with van der Waals surface area (Å²) in [6.45, 7) is 3.81. The van der Waals surface area contributed by atoms with Gasteiger partial charge in [0, 0.05) is 0 Å². The summed E-state index contributed by atoms with van der Waals surface area (Å²) in [5.41, 5.74) is 0.199. The van der Waals surface area contributed by atoms with Gasteiger partial charge in [-0.25, -0.2) is 13.8 Å². The number of nitrogens with zero attached hydrogens (tertiary/aromatic N) is 2. The van der Waals surface area contributed by atoms with Crippen molar-refractivity contribution >= 4 is 5.71 Å². The third kappa shape index (κ3) is 3.72. The molecule has 0 bridgehead atoms. The molecular weight excluding hydrogens is 349 g/mol. The minimum Gasteiger partial charge on any atom is -0.493 e. The molecule has 0 aliphatic rings. The maximum absolute atomic E-state index is 14.1. The van der Waals surface area contributed by atoms with Crippen LogP contribution in [0.3, 0.4) is 0 Å². The minimum absolute atomic E-state index is 0.163. The number of rotatable bonds is 4. The largest absolute Gasteiger partial charge is 0.493 e. The highest BCUT2D eigenvalue weighted by molar-refractivity contribution is 6.00. The van der Waals surface area contributed by atoms with Gasteiger partial charge in [0.2, 0.25) is 5.88 Å². The Morgan fingerprint density at radius 3 is 2.63 bits per heavy atom. The molecule has 0 spiro atoms.